The van der Waals surface area contributed by atoms with Gasteiger partial charge in [0.1, 0.15) is 0 Å². The minimum Gasteiger partial charge on any atom is -0.310 e. The third-order valence-corrected chi connectivity index (χ3v) is 4.53. The molecule has 20 heavy (non-hydrogen) atoms. The van der Waals surface area contributed by atoms with Crippen molar-refractivity contribution in [2.75, 3.05) is 6.54 Å². The van der Waals surface area contributed by atoms with Crippen molar-refractivity contribution in [3.05, 3.63) is 59.2 Å². The summed E-state index contributed by atoms with van der Waals surface area (Å²) >= 11 is 0. The lowest BCUT2D eigenvalue weighted by Gasteiger charge is -2.24. The third-order valence-electron chi connectivity index (χ3n) is 4.53. The normalized spacial score (nSPS) is 19.9. The second kappa shape index (κ2) is 5.59. The van der Waals surface area contributed by atoms with Crippen molar-refractivity contribution in [2.24, 2.45) is 0 Å². The Morgan fingerprint density at radius 1 is 0.900 bits per heavy atom. The minimum atomic E-state index is 0. The van der Waals surface area contributed by atoms with Crippen LogP contribution in [0.25, 0.3) is 11.1 Å². The van der Waals surface area contributed by atoms with Gasteiger partial charge in [-0.05, 0) is 53.6 Å². The molecule has 1 fully saturated rings. The first-order valence-electron chi connectivity index (χ1n) is 7.36. The fourth-order valence-corrected chi connectivity index (χ4v) is 3.52. The summed E-state index contributed by atoms with van der Waals surface area (Å²) in [4.78, 5) is 0. The van der Waals surface area contributed by atoms with Crippen molar-refractivity contribution in [1.82, 2.24) is 5.32 Å². The van der Waals surface area contributed by atoms with Crippen LogP contribution in [0.15, 0.2) is 42.5 Å². The number of halogens is 1. The van der Waals surface area contributed by atoms with Crippen molar-refractivity contribution < 1.29 is 0 Å². The number of rotatable bonds is 1. The second-order valence-electron chi connectivity index (χ2n) is 5.75. The van der Waals surface area contributed by atoms with Gasteiger partial charge in [-0.3, -0.25) is 0 Å². The molecule has 2 aromatic carbocycles. The lowest BCUT2D eigenvalue weighted by atomic mass is 9.94. The maximum absolute atomic E-state index is 3.65. The molecule has 1 N–H and O–H groups in total. The van der Waals surface area contributed by atoms with Gasteiger partial charge in [0.2, 0.25) is 0 Å². The van der Waals surface area contributed by atoms with Crippen LogP contribution in [-0.2, 0) is 6.42 Å². The fourth-order valence-electron chi connectivity index (χ4n) is 3.52. The first-order chi connectivity index (χ1) is 9.42. The van der Waals surface area contributed by atoms with Crippen LogP contribution >= 0.6 is 12.4 Å². The van der Waals surface area contributed by atoms with Crippen LogP contribution in [0.5, 0.6) is 0 Å². The van der Waals surface area contributed by atoms with Gasteiger partial charge in [0, 0.05) is 6.04 Å². The molecule has 2 aliphatic rings. The molecular formula is C18H20ClN. The molecule has 1 aliphatic heterocycles. The molecule has 0 spiro atoms. The molecule has 1 aliphatic carbocycles. The van der Waals surface area contributed by atoms with E-state index in [1.165, 1.54) is 53.6 Å². The Labute approximate surface area is 126 Å². The highest BCUT2D eigenvalue weighted by Crippen LogP contribution is 2.38. The maximum atomic E-state index is 3.65. The molecular weight excluding hydrogens is 266 g/mol. The van der Waals surface area contributed by atoms with E-state index >= 15 is 0 Å². The summed E-state index contributed by atoms with van der Waals surface area (Å²) in [5.41, 5.74) is 7.33. The van der Waals surface area contributed by atoms with E-state index in [0.717, 1.165) is 6.42 Å². The molecule has 0 unspecified atom stereocenters. The predicted molar refractivity (Wildman–Crippen MR) is 86.5 cm³/mol. The van der Waals surface area contributed by atoms with E-state index in [-0.39, 0.29) is 12.4 Å². The summed E-state index contributed by atoms with van der Waals surface area (Å²) in [5, 5.41) is 3.65. The van der Waals surface area contributed by atoms with Crippen LogP contribution in [0.1, 0.15) is 42.0 Å². The van der Waals surface area contributed by atoms with E-state index in [0.29, 0.717) is 6.04 Å². The number of piperidine rings is 1. The van der Waals surface area contributed by atoms with Crippen molar-refractivity contribution >= 4 is 12.4 Å². The highest BCUT2D eigenvalue weighted by Gasteiger charge is 2.20. The van der Waals surface area contributed by atoms with E-state index in [2.05, 4.69) is 47.8 Å². The Morgan fingerprint density at radius 2 is 1.75 bits per heavy atom. The number of nitrogens with one attached hydrogen (secondary N) is 1. The lowest BCUT2D eigenvalue weighted by Crippen LogP contribution is -2.26. The Balaban J connectivity index is 0.00000121. The summed E-state index contributed by atoms with van der Waals surface area (Å²) in [5.74, 6) is 0. The average Bonchev–Trinajstić information content (AvgIpc) is 2.86. The molecule has 1 heterocycles. The highest BCUT2D eigenvalue weighted by atomic mass is 35.5. The fraction of sp³-hybridized carbons (Fsp3) is 0.333. The molecule has 1 atom stereocenters. The SMILES string of the molecule is Cl.c1ccc2c(c1)Cc1cc([C@H]3CCCCN3)ccc1-2. The zero-order valence-corrected chi connectivity index (χ0v) is 12.4. The van der Waals surface area contributed by atoms with Crippen LogP contribution in [0, 0.1) is 0 Å². The van der Waals surface area contributed by atoms with Crippen LogP contribution in [0.4, 0.5) is 0 Å². The molecule has 1 nitrogen and oxygen atoms in total. The Morgan fingerprint density at radius 3 is 2.60 bits per heavy atom. The predicted octanol–water partition coefficient (Wildman–Crippen LogP) is 4.49. The summed E-state index contributed by atoms with van der Waals surface area (Å²) in [7, 11) is 0. The first-order valence-corrected chi connectivity index (χ1v) is 7.36. The number of fused-ring (bicyclic) bond motifs is 3. The van der Waals surface area contributed by atoms with Gasteiger partial charge in [-0.25, -0.2) is 0 Å². The largest absolute Gasteiger partial charge is 0.310 e. The lowest BCUT2D eigenvalue weighted by molar-refractivity contribution is 0.412. The van der Waals surface area contributed by atoms with Gasteiger partial charge < -0.3 is 5.32 Å². The van der Waals surface area contributed by atoms with Crippen molar-refractivity contribution in [3.63, 3.8) is 0 Å². The standard InChI is InChI=1S/C18H19N.ClH/c1-2-6-16-13(5-1)11-15-12-14(8-9-17(15)16)18-7-3-4-10-19-18;/h1-2,5-6,8-9,12,18-19H,3-4,7,10-11H2;1H/t18-;/m1./s1. The third kappa shape index (κ3) is 2.25. The summed E-state index contributed by atoms with van der Waals surface area (Å²) < 4.78 is 0. The topological polar surface area (TPSA) is 12.0 Å². The highest BCUT2D eigenvalue weighted by molar-refractivity contribution is 5.85. The smallest absolute Gasteiger partial charge is 0.0320 e. The molecule has 0 amide bonds. The molecule has 2 heteroatoms. The average molecular weight is 286 g/mol. The maximum Gasteiger partial charge on any atom is 0.0320 e. The van der Waals surface area contributed by atoms with E-state index in [1.807, 2.05) is 0 Å². The Bertz CT molecular complexity index is 615. The van der Waals surface area contributed by atoms with Crippen molar-refractivity contribution in [3.8, 4) is 11.1 Å². The molecule has 0 bridgehead atoms. The van der Waals surface area contributed by atoms with Gasteiger partial charge in [-0.1, -0.05) is 48.9 Å². The number of hydrogen-bond donors (Lipinski definition) is 1. The van der Waals surface area contributed by atoms with Gasteiger partial charge in [0.15, 0.2) is 0 Å². The van der Waals surface area contributed by atoms with Gasteiger partial charge in [-0.2, -0.15) is 0 Å². The Hall–Kier alpha value is -1.31. The van der Waals surface area contributed by atoms with Gasteiger partial charge in [-0.15, -0.1) is 12.4 Å². The molecule has 1 saturated heterocycles. The summed E-state index contributed by atoms with van der Waals surface area (Å²) in [6.45, 7) is 1.17. The van der Waals surface area contributed by atoms with Crippen molar-refractivity contribution in [2.45, 2.75) is 31.7 Å². The van der Waals surface area contributed by atoms with E-state index in [1.54, 1.807) is 0 Å². The second-order valence-corrected chi connectivity index (χ2v) is 5.75. The van der Waals surface area contributed by atoms with Crippen LogP contribution in [0.2, 0.25) is 0 Å². The van der Waals surface area contributed by atoms with E-state index in [9.17, 15) is 0 Å². The quantitative estimate of drug-likeness (QED) is 0.694. The molecule has 0 radical (unpaired) electrons. The molecule has 104 valence electrons. The molecule has 2 aromatic rings. The van der Waals surface area contributed by atoms with Gasteiger partial charge in [0.05, 0.1) is 0 Å². The minimum absolute atomic E-state index is 0. The van der Waals surface area contributed by atoms with Crippen LogP contribution in [-0.4, -0.2) is 6.54 Å². The number of hydrogen-bond acceptors (Lipinski definition) is 1. The number of benzene rings is 2. The van der Waals surface area contributed by atoms with Crippen LogP contribution < -0.4 is 5.32 Å². The van der Waals surface area contributed by atoms with Gasteiger partial charge >= 0.3 is 0 Å². The zero-order valence-electron chi connectivity index (χ0n) is 11.6. The molecule has 0 aromatic heterocycles. The Kier molecular flexibility index (Phi) is 3.82. The zero-order chi connectivity index (χ0) is 12.7. The van der Waals surface area contributed by atoms with Gasteiger partial charge in [0.25, 0.3) is 0 Å². The molecule has 4 rings (SSSR count). The summed E-state index contributed by atoms with van der Waals surface area (Å²) in [6.07, 6.45) is 5.07. The van der Waals surface area contributed by atoms with E-state index < -0.39 is 0 Å². The van der Waals surface area contributed by atoms with Crippen LogP contribution in [0.3, 0.4) is 0 Å². The van der Waals surface area contributed by atoms with Crippen molar-refractivity contribution in [1.29, 1.82) is 0 Å². The molecule has 0 saturated carbocycles. The van der Waals surface area contributed by atoms with E-state index in [4.69, 9.17) is 0 Å². The first kappa shape index (κ1) is 13.7. The summed E-state index contributed by atoms with van der Waals surface area (Å²) in [6, 6.07) is 16.4. The monoisotopic (exact) mass is 285 g/mol.